The van der Waals surface area contributed by atoms with Crippen LogP contribution in [0.1, 0.15) is 45.2 Å². The van der Waals surface area contributed by atoms with Crippen LogP contribution in [-0.4, -0.2) is 64.9 Å². The van der Waals surface area contributed by atoms with E-state index < -0.39 is 11.9 Å². The van der Waals surface area contributed by atoms with Crippen molar-refractivity contribution in [1.29, 1.82) is 0 Å². The van der Waals surface area contributed by atoms with E-state index in [1.807, 2.05) is 13.0 Å². The van der Waals surface area contributed by atoms with Crippen LogP contribution >= 0.6 is 0 Å². The van der Waals surface area contributed by atoms with Crippen molar-refractivity contribution in [2.24, 2.45) is 11.3 Å². The predicted molar refractivity (Wildman–Crippen MR) is 111 cm³/mol. The molecule has 2 fully saturated rings. The topological polar surface area (TPSA) is 120 Å². The number of aromatic nitrogens is 2. The fraction of sp³-hybridized carbons (Fsp3) is 0.700. The molecule has 1 aliphatic carbocycles. The number of anilines is 2. The molecular weight excluding hydrogens is 388 g/mol. The van der Waals surface area contributed by atoms with Gasteiger partial charge in [-0.1, -0.05) is 13.8 Å². The van der Waals surface area contributed by atoms with E-state index in [1.165, 1.54) is 0 Å². The molecule has 1 aromatic rings. The Morgan fingerprint density at radius 3 is 2.63 bits per heavy atom. The second kappa shape index (κ2) is 9.57. The molecule has 0 spiro atoms. The molecule has 166 valence electrons. The first-order chi connectivity index (χ1) is 14.3. The molecule has 1 aromatic heterocycles. The summed E-state index contributed by atoms with van der Waals surface area (Å²) in [7, 11) is 0. The first-order valence-electron chi connectivity index (χ1n) is 10.5. The zero-order valence-electron chi connectivity index (χ0n) is 17.9. The Labute approximate surface area is 176 Å². The molecule has 1 unspecified atom stereocenters. The van der Waals surface area contributed by atoms with E-state index >= 15 is 0 Å². The van der Waals surface area contributed by atoms with E-state index in [9.17, 15) is 14.8 Å². The molecule has 3 rings (SSSR count). The van der Waals surface area contributed by atoms with Gasteiger partial charge < -0.3 is 9.64 Å². The van der Waals surface area contributed by atoms with Crippen LogP contribution in [0, 0.1) is 18.3 Å². The maximum atomic E-state index is 12.8. The first kappa shape index (κ1) is 22.2. The van der Waals surface area contributed by atoms with Gasteiger partial charge in [-0.15, -0.1) is 0 Å². The number of nitrogens with one attached hydrogen (secondary N) is 2. The summed E-state index contributed by atoms with van der Waals surface area (Å²) in [6.07, 6.45) is 3.68. The third kappa shape index (κ3) is 5.57. The van der Waals surface area contributed by atoms with Crippen molar-refractivity contribution in [3.8, 4) is 0 Å². The number of ether oxygens (including phenoxy) is 1. The standard InChI is InChI=1S/C20H32N6O4/c1-14-12-16(25-8-10-30-11-9-25)22-19(21-14)24-23-18(28)17(26(29)13-27)15-4-6-20(2,3)7-5-15/h12-13,15,17,29H,4-11H2,1-3H3,(H,23,28)(H,21,22,24). The van der Waals surface area contributed by atoms with Gasteiger partial charge in [0, 0.05) is 24.8 Å². The summed E-state index contributed by atoms with van der Waals surface area (Å²) in [5, 5.41) is 10.5. The summed E-state index contributed by atoms with van der Waals surface area (Å²) in [5.41, 5.74) is 6.28. The Morgan fingerprint density at radius 2 is 2.00 bits per heavy atom. The number of hydroxylamine groups is 2. The molecular formula is C20H32N6O4. The van der Waals surface area contributed by atoms with E-state index in [0.717, 1.165) is 50.3 Å². The number of amides is 2. The summed E-state index contributed by atoms with van der Waals surface area (Å²) >= 11 is 0. The average Bonchev–Trinajstić information content (AvgIpc) is 2.73. The van der Waals surface area contributed by atoms with Gasteiger partial charge in [-0.2, -0.15) is 4.98 Å². The molecule has 0 bridgehead atoms. The van der Waals surface area contributed by atoms with Crippen molar-refractivity contribution in [3.05, 3.63) is 11.8 Å². The molecule has 3 N–H and O–H groups in total. The second-order valence-corrected chi connectivity index (χ2v) is 8.84. The Balaban J connectivity index is 1.66. The highest BCUT2D eigenvalue weighted by Crippen LogP contribution is 2.40. The SMILES string of the molecule is Cc1cc(N2CCOCC2)nc(NNC(=O)C(C2CCC(C)(C)CC2)N(O)C=O)n1. The van der Waals surface area contributed by atoms with Crippen molar-refractivity contribution >= 4 is 24.1 Å². The highest BCUT2D eigenvalue weighted by atomic mass is 16.5. The normalized spacial score (nSPS) is 20.3. The van der Waals surface area contributed by atoms with Gasteiger partial charge in [0.2, 0.25) is 12.4 Å². The predicted octanol–water partition coefficient (Wildman–Crippen LogP) is 1.50. The Morgan fingerprint density at radius 1 is 1.33 bits per heavy atom. The quantitative estimate of drug-likeness (QED) is 0.345. The number of hydrogen-bond donors (Lipinski definition) is 3. The van der Waals surface area contributed by atoms with Crippen LogP contribution in [0.15, 0.2) is 6.07 Å². The van der Waals surface area contributed by atoms with E-state index in [-0.39, 0.29) is 23.7 Å². The smallest absolute Gasteiger partial charge is 0.264 e. The van der Waals surface area contributed by atoms with Crippen molar-refractivity contribution in [1.82, 2.24) is 20.5 Å². The molecule has 1 saturated heterocycles. The number of nitrogens with zero attached hydrogens (tertiary/aromatic N) is 4. The number of carbonyl (C=O) groups is 2. The van der Waals surface area contributed by atoms with Gasteiger partial charge >= 0.3 is 0 Å². The second-order valence-electron chi connectivity index (χ2n) is 8.84. The first-order valence-corrected chi connectivity index (χ1v) is 10.5. The summed E-state index contributed by atoms with van der Waals surface area (Å²) in [6.45, 7) is 8.99. The van der Waals surface area contributed by atoms with E-state index in [4.69, 9.17) is 4.74 Å². The Bertz CT molecular complexity index is 743. The zero-order valence-corrected chi connectivity index (χ0v) is 17.9. The number of rotatable bonds is 7. The van der Waals surface area contributed by atoms with Crippen molar-refractivity contribution < 1.29 is 19.5 Å². The van der Waals surface area contributed by atoms with Gasteiger partial charge in [0.15, 0.2) is 0 Å². The van der Waals surface area contributed by atoms with Gasteiger partial charge in [-0.25, -0.2) is 10.0 Å². The van der Waals surface area contributed by atoms with Gasteiger partial charge in [0.05, 0.1) is 13.2 Å². The average molecular weight is 421 g/mol. The van der Waals surface area contributed by atoms with Gasteiger partial charge in [0.1, 0.15) is 11.9 Å². The highest BCUT2D eigenvalue weighted by Gasteiger charge is 2.38. The summed E-state index contributed by atoms with van der Waals surface area (Å²) in [4.78, 5) is 34.9. The lowest BCUT2D eigenvalue weighted by Crippen LogP contribution is -2.52. The fourth-order valence-corrected chi connectivity index (χ4v) is 4.11. The third-order valence-electron chi connectivity index (χ3n) is 5.97. The fourth-order valence-electron chi connectivity index (χ4n) is 4.11. The monoisotopic (exact) mass is 420 g/mol. The molecule has 1 atom stereocenters. The molecule has 0 radical (unpaired) electrons. The maximum Gasteiger partial charge on any atom is 0.264 e. The minimum Gasteiger partial charge on any atom is -0.378 e. The summed E-state index contributed by atoms with van der Waals surface area (Å²) in [5.74, 6) is 0.402. The van der Waals surface area contributed by atoms with Crippen LogP contribution in [0.3, 0.4) is 0 Å². The van der Waals surface area contributed by atoms with Crippen LogP contribution < -0.4 is 15.8 Å². The van der Waals surface area contributed by atoms with Crippen LogP contribution in [0.4, 0.5) is 11.8 Å². The Kier molecular flexibility index (Phi) is 7.09. The lowest BCUT2D eigenvalue weighted by Gasteiger charge is -2.38. The van der Waals surface area contributed by atoms with Crippen LogP contribution in [0.25, 0.3) is 0 Å². The zero-order chi connectivity index (χ0) is 21.7. The largest absolute Gasteiger partial charge is 0.378 e. The maximum absolute atomic E-state index is 12.8. The van der Waals surface area contributed by atoms with E-state index in [1.54, 1.807) is 0 Å². The lowest BCUT2D eigenvalue weighted by atomic mass is 9.71. The van der Waals surface area contributed by atoms with Gasteiger partial charge in [-0.3, -0.25) is 25.6 Å². The van der Waals surface area contributed by atoms with Crippen LogP contribution in [0.2, 0.25) is 0 Å². The molecule has 2 amide bonds. The van der Waals surface area contributed by atoms with Crippen molar-refractivity contribution in [2.75, 3.05) is 36.6 Å². The van der Waals surface area contributed by atoms with Crippen molar-refractivity contribution in [3.63, 3.8) is 0 Å². The molecule has 1 saturated carbocycles. The van der Waals surface area contributed by atoms with Gasteiger partial charge in [-0.05, 0) is 43.9 Å². The summed E-state index contributed by atoms with van der Waals surface area (Å²) < 4.78 is 5.38. The number of morpholine rings is 1. The van der Waals surface area contributed by atoms with E-state index in [0.29, 0.717) is 18.3 Å². The number of hydrogen-bond acceptors (Lipinski definition) is 8. The molecule has 10 heteroatoms. The summed E-state index contributed by atoms with van der Waals surface area (Å²) in [6, 6.07) is 0.918. The van der Waals surface area contributed by atoms with Crippen LogP contribution in [-0.2, 0) is 14.3 Å². The number of carbonyl (C=O) groups excluding carboxylic acids is 2. The molecule has 2 aliphatic rings. The molecule has 0 aromatic carbocycles. The third-order valence-corrected chi connectivity index (χ3v) is 5.97. The minimum atomic E-state index is -0.963. The number of hydrazine groups is 1. The highest BCUT2D eigenvalue weighted by molar-refractivity contribution is 5.84. The minimum absolute atomic E-state index is 0.114. The molecule has 2 heterocycles. The van der Waals surface area contributed by atoms with Crippen molar-refractivity contribution in [2.45, 2.75) is 52.5 Å². The molecule has 1 aliphatic heterocycles. The number of aryl methyl sites for hydroxylation is 1. The van der Waals surface area contributed by atoms with E-state index in [2.05, 4.69) is 39.6 Å². The Hall–Kier alpha value is -2.46. The molecule has 10 nitrogen and oxygen atoms in total. The molecule has 30 heavy (non-hydrogen) atoms. The van der Waals surface area contributed by atoms with Gasteiger partial charge in [0.25, 0.3) is 5.91 Å². The van der Waals surface area contributed by atoms with Crippen LogP contribution in [0.5, 0.6) is 0 Å². The lowest BCUT2D eigenvalue weighted by molar-refractivity contribution is -0.174.